The molecule has 0 radical (unpaired) electrons. The summed E-state index contributed by atoms with van der Waals surface area (Å²) in [5, 5.41) is 0. The molecule has 3 aromatic rings. The molecule has 104 valence electrons. The molecule has 0 saturated heterocycles. The molecule has 0 saturated carbocycles. The summed E-state index contributed by atoms with van der Waals surface area (Å²) in [6.07, 6.45) is 5.19. The maximum Gasteiger partial charge on any atom is 0.322 e. The van der Waals surface area contributed by atoms with Gasteiger partial charge in [0, 0.05) is 24.2 Å². The van der Waals surface area contributed by atoms with Crippen molar-refractivity contribution in [2.75, 3.05) is 0 Å². The second-order valence-corrected chi connectivity index (χ2v) is 4.84. The van der Waals surface area contributed by atoms with Crippen LogP contribution in [0.2, 0.25) is 0 Å². The summed E-state index contributed by atoms with van der Waals surface area (Å²) in [4.78, 5) is 12.7. The molecule has 3 rings (SSSR count). The number of hydrogen-bond donors (Lipinski definition) is 0. The minimum atomic E-state index is 0.338. The number of ether oxygens (including phenoxy) is 1. The molecule has 0 bridgehead atoms. The van der Waals surface area contributed by atoms with Crippen LogP contribution in [0.4, 0.5) is 0 Å². The van der Waals surface area contributed by atoms with Crippen molar-refractivity contribution in [3.05, 3.63) is 66.1 Å². The average Bonchev–Trinajstić information content (AvgIpc) is 2.52. The highest BCUT2D eigenvalue weighted by Crippen LogP contribution is 2.25. The molecule has 2 heterocycles. The Morgan fingerprint density at radius 2 is 1.90 bits per heavy atom. The lowest BCUT2D eigenvalue weighted by Crippen LogP contribution is -1.95. The van der Waals surface area contributed by atoms with Gasteiger partial charge in [0.25, 0.3) is 0 Å². The molecular weight excluding hydrogens is 262 g/mol. The lowest BCUT2D eigenvalue weighted by atomic mass is 10.1. The second-order valence-electron chi connectivity index (χ2n) is 4.84. The zero-order valence-corrected chi connectivity index (χ0v) is 11.9. The normalized spacial score (nSPS) is 10.4. The third kappa shape index (κ3) is 3.05. The van der Waals surface area contributed by atoms with Gasteiger partial charge in [0.05, 0.1) is 5.69 Å². The van der Waals surface area contributed by atoms with Crippen molar-refractivity contribution in [1.29, 1.82) is 0 Å². The highest BCUT2D eigenvalue weighted by molar-refractivity contribution is 5.57. The van der Waals surface area contributed by atoms with E-state index < -0.39 is 0 Å². The van der Waals surface area contributed by atoms with E-state index in [1.54, 1.807) is 18.6 Å². The van der Waals surface area contributed by atoms with E-state index in [-0.39, 0.29) is 0 Å². The van der Waals surface area contributed by atoms with Crippen molar-refractivity contribution in [2.45, 2.75) is 13.8 Å². The highest BCUT2D eigenvalue weighted by atomic mass is 16.5. The summed E-state index contributed by atoms with van der Waals surface area (Å²) in [5.74, 6) is 0.776. The molecule has 21 heavy (non-hydrogen) atoms. The predicted molar refractivity (Wildman–Crippen MR) is 81.3 cm³/mol. The van der Waals surface area contributed by atoms with E-state index in [9.17, 15) is 0 Å². The minimum absolute atomic E-state index is 0.338. The number of aromatic nitrogens is 3. The van der Waals surface area contributed by atoms with Crippen LogP contribution in [0.5, 0.6) is 11.8 Å². The Balaban J connectivity index is 1.92. The van der Waals surface area contributed by atoms with E-state index >= 15 is 0 Å². The average molecular weight is 277 g/mol. The maximum absolute atomic E-state index is 5.81. The Labute approximate surface area is 123 Å². The van der Waals surface area contributed by atoms with Crippen molar-refractivity contribution in [2.24, 2.45) is 0 Å². The van der Waals surface area contributed by atoms with Gasteiger partial charge in [0.2, 0.25) is 0 Å². The molecule has 0 aliphatic heterocycles. The first kappa shape index (κ1) is 13.2. The Bertz CT molecular complexity index is 757. The van der Waals surface area contributed by atoms with E-state index in [1.165, 1.54) is 0 Å². The molecule has 4 nitrogen and oxygen atoms in total. The standard InChI is InChI=1S/C17H15N3O/c1-12-5-6-13(2)16(10-12)21-17-19-9-7-15(20-17)14-4-3-8-18-11-14/h3-11H,1-2H3. The molecular formula is C17H15N3O. The van der Waals surface area contributed by atoms with Crippen LogP contribution in [0.1, 0.15) is 11.1 Å². The second kappa shape index (κ2) is 5.71. The van der Waals surface area contributed by atoms with Crippen LogP contribution in [-0.2, 0) is 0 Å². The van der Waals surface area contributed by atoms with Crippen LogP contribution in [0.15, 0.2) is 55.0 Å². The van der Waals surface area contributed by atoms with E-state index in [2.05, 4.69) is 21.0 Å². The van der Waals surface area contributed by atoms with Crippen LogP contribution in [0, 0.1) is 13.8 Å². The van der Waals surface area contributed by atoms with Crippen LogP contribution >= 0.6 is 0 Å². The monoisotopic (exact) mass is 277 g/mol. The summed E-state index contributed by atoms with van der Waals surface area (Å²) < 4.78 is 5.81. The minimum Gasteiger partial charge on any atom is -0.424 e. The molecule has 0 aliphatic rings. The van der Waals surface area contributed by atoms with Crippen LogP contribution < -0.4 is 4.74 Å². The maximum atomic E-state index is 5.81. The van der Waals surface area contributed by atoms with E-state index in [4.69, 9.17) is 4.74 Å². The molecule has 0 amide bonds. The molecule has 4 heteroatoms. The number of aryl methyl sites for hydroxylation is 2. The summed E-state index contributed by atoms with van der Waals surface area (Å²) in [7, 11) is 0. The highest BCUT2D eigenvalue weighted by Gasteiger charge is 2.06. The van der Waals surface area contributed by atoms with E-state index in [1.807, 2.05) is 44.2 Å². The molecule has 2 aromatic heterocycles. The van der Waals surface area contributed by atoms with Gasteiger partial charge in [0.15, 0.2) is 0 Å². The lowest BCUT2D eigenvalue weighted by Gasteiger charge is -2.08. The summed E-state index contributed by atoms with van der Waals surface area (Å²) in [6, 6.07) is 12.1. The van der Waals surface area contributed by atoms with Crippen molar-refractivity contribution in [1.82, 2.24) is 15.0 Å². The number of hydrogen-bond acceptors (Lipinski definition) is 4. The van der Waals surface area contributed by atoms with Gasteiger partial charge in [-0.3, -0.25) is 4.98 Å². The quantitative estimate of drug-likeness (QED) is 0.727. The third-order valence-corrected chi connectivity index (χ3v) is 3.14. The van der Waals surface area contributed by atoms with Gasteiger partial charge < -0.3 is 4.74 Å². The van der Waals surface area contributed by atoms with Crippen LogP contribution in [0.25, 0.3) is 11.3 Å². The van der Waals surface area contributed by atoms with Gasteiger partial charge >= 0.3 is 6.01 Å². The predicted octanol–water partition coefficient (Wildman–Crippen LogP) is 3.95. The van der Waals surface area contributed by atoms with Gasteiger partial charge in [-0.05, 0) is 49.2 Å². The summed E-state index contributed by atoms with van der Waals surface area (Å²) in [6.45, 7) is 4.03. The zero-order valence-electron chi connectivity index (χ0n) is 11.9. The van der Waals surface area contributed by atoms with E-state index in [0.717, 1.165) is 28.1 Å². The lowest BCUT2D eigenvalue weighted by molar-refractivity contribution is 0.439. The number of rotatable bonds is 3. The molecule has 0 aliphatic carbocycles. The topological polar surface area (TPSA) is 47.9 Å². The first-order valence-electron chi connectivity index (χ1n) is 6.71. The molecule has 0 fully saturated rings. The fraction of sp³-hybridized carbons (Fsp3) is 0.118. The van der Waals surface area contributed by atoms with Crippen LogP contribution in [-0.4, -0.2) is 15.0 Å². The summed E-state index contributed by atoms with van der Waals surface area (Å²) in [5.41, 5.74) is 3.92. The Hall–Kier alpha value is -2.75. The first-order chi connectivity index (χ1) is 10.2. The smallest absolute Gasteiger partial charge is 0.322 e. The van der Waals surface area contributed by atoms with Gasteiger partial charge in [0.1, 0.15) is 5.75 Å². The molecule has 1 aromatic carbocycles. The van der Waals surface area contributed by atoms with Crippen LogP contribution in [0.3, 0.4) is 0 Å². The Morgan fingerprint density at radius 1 is 1.00 bits per heavy atom. The van der Waals surface area contributed by atoms with Gasteiger partial charge in [-0.1, -0.05) is 12.1 Å². The molecule has 0 N–H and O–H groups in total. The number of pyridine rings is 1. The van der Waals surface area contributed by atoms with E-state index in [0.29, 0.717) is 6.01 Å². The zero-order chi connectivity index (χ0) is 14.7. The Kier molecular flexibility index (Phi) is 3.60. The fourth-order valence-electron chi connectivity index (χ4n) is 1.98. The van der Waals surface area contributed by atoms with Gasteiger partial charge in [-0.25, -0.2) is 4.98 Å². The number of benzene rings is 1. The Morgan fingerprint density at radius 3 is 2.71 bits per heavy atom. The molecule has 0 spiro atoms. The van der Waals surface area contributed by atoms with Crippen molar-refractivity contribution in [3.8, 4) is 23.0 Å². The first-order valence-corrected chi connectivity index (χ1v) is 6.71. The van der Waals surface area contributed by atoms with Gasteiger partial charge in [-0.2, -0.15) is 4.98 Å². The fourth-order valence-corrected chi connectivity index (χ4v) is 1.98. The van der Waals surface area contributed by atoms with Crippen molar-refractivity contribution in [3.63, 3.8) is 0 Å². The molecule has 0 unspecified atom stereocenters. The van der Waals surface area contributed by atoms with Crippen molar-refractivity contribution < 1.29 is 4.74 Å². The number of nitrogens with zero attached hydrogens (tertiary/aromatic N) is 3. The summed E-state index contributed by atoms with van der Waals surface area (Å²) >= 11 is 0. The third-order valence-electron chi connectivity index (χ3n) is 3.14. The molecule has 0 atom stereocenters. The van der Waals surface area contributed by atoms with Crippen molar-refractivity contribution >= 4 is 0 Å². The SMILES string of the molecule is Cc1ccc(C)c(Oc2nccc(-c3cccnc3)n2)c1. The van der Waals surface area contributed by atoms with Gasteiger partial charge in [-0.15, -0.1) is 0 Å². The largest absolute Gasteiger partial charge is 0.424 e.